The largest absolute Gasteiger partial charge is 0.302 e. The van der Waals surface area contributed by atoms with Gasteiger partial charge in [0.2, 0.25) is 0 Å². The van der Waals surface area contributed by atoms with E-state index in [1.807, 2.05) is 20.9 Å². The lowest BCUT2D eigenvalue weighted by molar-refractivity contribution is 0.308. The molecule has 0 saturated heterocycles. The summed E-state index contributed by atoms with van der Waals surface area (Å²) >= 11 is 0. The summed E-state index contributed by atoms with van der Waals surface area (Å²) in [5, 5.41) is 6.44. The molecule has 1 aliphatic heterocycles. The smallest absolute Gasteiger partial charge is 0.264 e. The fourth-order valence-electron chi connectivity index (χ4n) is 1.49. The van der Waals surface area contributed by atoms with Crippen LogP contribution in [0.2, 0.25) is 0 Å². The molecular formula is C10H17N3O. The van der Waals surface area contributed by atoms with Gasteiger partial charge in [-0.3, -0.25) is 4.79 Å². The predicted molar refractivity (Wildman–Crippen MR) is 56.2 cm³/mol. The van der Waals surface area contributed by atoms with Gasteiger partial charge >= 0.3 is 0 Å². The van der Waals surface area contributed by atoms with Crippen LogP contribution in [-0.4, -0.2) is 28.7 Å². The molecule has 0 unspecified atom stereocenters. The molecule has 1 aromatic rings. The number of H-pyrrole nitrogens is 1. The number of aromatic amines is 1. The molecule has 4 nitrogen and oxygen atoms in total. The molecule has 78 valence electrons. The van der Waals surface area contributed by atoms with Gasteiger partial charge in [0.1, 0.15) is 0 Å². The lowest BCUT2D eigenvalue weighted by Gasteiger charge is -2.22. The summed E-state index contributed by atoms with van der Waals surface area (Å²) in [4.78, 5) is 13.1. The molecule has 0 aliphatic carbocycles. The first-order valence-corrected chi connectivity index (χ1v) is 5.02. The fraction of sp³-hybridized carbons (Fsp3) is 0.600. The van der Waals surface area contributed by atoms with Gasteiger partial charge in [-0.25, -0.2) is 5.10 Å². The Kier molecular flexibility index (Phi) is 3.83. The van der Waals surface area contributed by atoms with Crippen LogP contribution in [-0.2, 0) is 13.0 Å². The molecule has 0 fully saturated rings. The number of fused-ring (bicyclic) bond motifs is 1. The fourth-order valence-corrected chi connectivity index (χ4v) is 1.49. The molecule has 1 aliphatic rings. The number of aromatic nitrogens is 2. The molecule has 0 atom stereocenters. The summed E-state index contributed by atoms with van der Waals surface area (Å²) in [5.74, 6) is 0. The highest BCUT2D eigenvalue weighted by molar-refractivity contribution is 5.19. The van der Waals surface area contributed by atoms with Crippen molar-refractivity contribution in [1.29, 1.82) is 0 Å². The third kappa shape index (κ3) is 2.42. The summed E-state index contributed by atoms with van der Waals surface area (Å²) in [7, 11) is 2.05. The van der Waals surface area contributed by atoms with Crippen LogP contribution in [0.3, 0.4) is 0 Å². The standard InChI is InChI=1S/C8H11N3O.C2H6/c1-11-3-2-7-6(5-11)4-8(12)10-9-7;1-2/h4H,2-3,5H2,1H3,(H,10,12);1-2H3. The second-order valence-electron chi connectivity index (χ2n) is 3.19. The van der Waals surface area contributed by atoms with E-state index in [0.29, 0.717) is 0 Å². The minimum Gasteiger partial charge on any atom is -0.302 e. The van der Waals surface area contributed by atoms with E-state index in [4.69, 9.17) is 0 Å². The average molecular weight is 195 g/mol. The van der Waals surface area contributed by atoms with Crippen molar-refractivity contribution in [3.63, 3.8) is 0 Å². The van der Waals surface area contributed by atoms with Gasteiger partial charge in [0.05, 0.1) is 5.69 Å². The average Bonchev–Trinajstić information content (AvgIpc) is 2.20. The van der Waals surface area contributed by atoms with Crippen molar-refractivity contribution in [3.05, 3.63) is 27.7 Å². The Bertz CT molecular complexity index is 345. The summed E-state index contributed by atoms with van der Waals surface area (Å²) in [6, 6.07) is 1.64. The molecule has 2 rings (SSSR count). The number of hydrogen-bond acceptors (Lipinski definition) is 3. The number of hydrogen-bond donors (Lipinski definition) is 1. The van der Waals surface area contributed by atoms with Crippen molar-refractivity contribution < 1.29 is 0 Å². The Labute approximate surface area is 84.0 Å². The van der Waals surface area contributed by atoms with Gasteiger partial charge in [0.25, 0.3) is 5.56 Å². The van der Waals surface area contributed by atoms with Gasteiger partial charge in [0, 0.05) is 25.6 Å². The van der Waals surface area contributed by atoms with Crippen LogP contribution in [0.15, 0.2) is 10.9 Å². The second-order valence-corrected chi connectivity index (χ2v) is 3.19. The maximum Gasteiger partial charge on any atom is 0.264 e. The monoisotopic (exact) mass is 195 g/mol. The molecule has 0 bridgehead atoms. The van der Waals surface area contributed by atoms with Gasteiger partial charge in [0.15, 0.2) is 0 Å². The first-order chi connectivity index (χ1) is 6.75. The van der Waals surface area contributed by atoms with E-state index >= 15 is 0 Å². The SMILES string of the molecule is CC.CN1CCc2n[nH]c(=O)cc2C1. The van der Waals surface area contributed by atoms with E-state index in [-0.39, 0.29) is 5.56 Å². The molecule has 0 radical (unpaired) electrons. The Morgan fingerprint density at radius 3 is 2.93 bits per heavy atom. The van der Waals surface area contributed by atoms with E-state index in [2.05, 4.69) is 15.1 Å². The lowest BCUT2D eigenvalue weighted by atomic mass is 10.1. The van der Waals surface area contributed by atoms with Gasteiger partial charge in [-0.2, -0.15) is 5.10 Å². The molecule has 4 heteroatoms. The van der Waals surface area contributed by atoms with Gasteiger partial charge in [-0.15, -0.1) is 0 Å². The van der Waals surface area contributed by atoms with Gasteiger partial charge < -0.3 is 4.90 Å². The Hall–Kier alpha value is -1.16. The summed E-state index contributed by atoms with van der Waals surface area (Å²) in [6.45, 7) is 5.86. The number of rotatable bonds is 0. The minimum atomic E-state index is -0.107. The maximum absolute atomic E-state index is 10.9. The highest BCUT2D eigenvalue weighted by atomic mass is 16.1. The van der Waals surface area contributed by atoms with Crippen LogP contribution in [0.4, 0.5) is 0 Å². The highest BCUT2D eigenvalue weighted by Gasteiger charge is 2.13. The Balaban J connectivity index is 0.000000461. The molecular weight excluding hydrogens is 178 g/mol. The molecule has 1 N–H and O–H groups in total. The molecule has 0 aromatic carbocycles. The topological polar surface area (TPSA) is 49.0 Å². The zero-order chi connectivity index (χ0) is 10.6. The lowest BCUT2D eigenvalue weighted by Crippen LogP contribution is -2.29. The van der Waals surface area contributed by atoms with E-state index in [1.165, 1.54) is 0 Å². The van der Waals surface area contributed by atoms with Crippen molar-refractivity contribution in [1.82, 2.24) is 15.1 Å². The van der Waals surface area contributed by atoms with E-state index in [1.54, 1.807) is 6.07 Å². The number of nitrogens with zero attached hydrogens (tertiary/aromatic N) is 2. The number of likely N-dealkylation sites (N-methyl/N-ethyl adjacent to an activating group) is 1. The minimum absolute atomic E-state index is 0.107. The Morgan fingerprint density at radius 2 is 2.21 bits per heavy atom. The molecule has 2 heterocycles. The van der Waals surface area contributed by atoms with E-state index in [9.17, 15) is 4.79 Å². The van der Waals surface area contributed by atoms with Gasteiger partial charge in [-0.05, 0) is 12.6 Å². The van der Waals surface area contributed by atoms with E-state index < -0.39 is 0 Å². The molecule has 0 spiro atoms. The number of nitrogens with one attached hydrogen (secondary N) is 1. The first-order valence-electron chi connectivity index (χ1n) is 5.02. The van der Waals surface area contributed by atoms with Crippen LogP contribution in [0.5, 0.6) is 0 Å². The molecule has 14 heavy (non-hydrogen) atoms. The first kappa shape index (κ1) is 10.9. The van der Waals surface area contributed by atoms with Crippen molar-refractivity contribution in [2.24, 2.45) is 0 Å². The Morgan fingerprint density at radius 1 is 1.50 bits per heavy atom. The van der Waals surface area contributed by atoms with Crippen LogP contribution < -0.4 is 5.56 Å². The second kappa shape index (κ2) is 4.91. The zero-order valence-electron chi connectivity index (χ0n) is 9.00. The molecule has 1 aromatic heterocycles. The van der Waals surface area contributed by atoms with Crippen LogP contribution >= 0.6 is 0 Å². The van der Waals surface area contributed by atoms with Crippen LogP contribution in [0, 0.1) is 0 Å². The predicted octanol–water partition coefficient (Wildman–Crippen LogP) is 0.784. The van der Waals surface area contributed by atoms with Crippen molar-refractivity contribution >= 4 is 0 Å². The quantitative estimate of drug-likeness (QED) is 0.665. The van der Waals surface area contributed by atoms with Crippen molar-refractivity contribution in [3.8, 4) is 0 Å². The maximum atomic E-state index is 10.9. The highest BCUT2D eigenvalue weighted by Crippen LogP contribution is 2.11. The molecule has 0 saturated carbocycles. The summed E-state index contributed by atoms with van der Waals surface area (Å²) < 4.78 is 0. The third-order valence-electron chi connectivity index (χ3n) is 2.15. The van der Waals surface area contributed by atoms with Crippen molar-refractivity contribution in [2.45, 2.75) is 26.8 Å². The van der Waals surface area contributed by atoms with Gasteiger partial charge in [-0.1, -0.05) is 13.8 Å². The summed E-state index contributed by atoms with van der Waals surface area (Å²) in [6.07, 6.45) is 0.933. The zero-order valence-corrected chi connectivity index (χ0v) is 9.00. The summed E-state index contributed by atoms with van der Waals surface area (Å²) in [5.41, 5.74) is 1.99. The normalized spacial score (nSPS) is 15.4. The van der Waals surface area contributed by atoms with E-state index in [0.717, 1.165) is 30.8 Å². The van der Waals surface area contributed by atoms with Crippen molar-refractivity contribution in [2.75, 3.05) is 13.6 Å². The van der Waals surface area contributed by atoms with Crippen LogP contribution in [0.25, 0.3) is 0 Å². The van der Waals surface area contributed by atoms with Crippen LogP contribution in [0.1, 0.15) is 25.1 Å². The third-order valence-corrected chi connectivity index (χ3v) is 2.15. The molecule has 0 amide bonds.